The van der Waals surface area contributed by atoms with Crippen LogP contribution in [0.25, 0.3) is 0 Å². The van der Waals surface area contributed by atoms with Gasteiger partial charge < -0.3 is 41.4 Å². The number of aliphatic carboxylic acids is 1. The van der Waals surface area contributed by atoms with Crippen LogP contribution in [0.15, 0.2) is 109 Å². The standard InChI is InChI=1S/C20H27N3O3.C20H29N3O.C20H26N2O.C13H20.C12H23N.C11H16O.C7H12O/c21-18(22)15-1-3-16(4-2-15)19(26)23-11-9-20(10-12-23)7-5-14(6-8-20)13-17(24)25;1-2-15-7-9-20(10-8-15)11-13-23(14-12-20)19(24)17-5-3-16(4-6-17)18(21)22;1-2-16-7-9-20(10-8-16)11-13-22(14-12-20)19(23)18-5-3-17(15-21)4-6-18;1-2-12-6-10-13(11-7-12)8-4-3-5-9-13;1-2-11-3-5-12(6-4-11)7-9-13-10-8-12;12-10-4-8-11(9-5-10)6-2-1-3-7-11;8-6-7-4-2-1-3-5-7/h1-4,14H,5-13H2,(H3,21,22)(H,24,25);3-6,15H,2,7-14H2,1H3,(H3,21,22);3-6,16H,2,7-14H2,1H3;2,6,10H,3-5,7-9,11H2,1H3;11,13H,2-10H2,1H3;4,8H,1-3,5-7,9H2;6-7H,1-5H2/b;;;12-2-;;;. The second-order valence-corrected chi connectivity index (χ2v) is 39.3. The molecular formula is C103H153N9O7. The van der Waals surface area contributed by atoms with E-state index >= 15 is 0 Å². The summed E-state index contributed by atoms with van der Waals surface area (Å²) < 4.78 is 0. The number of amidine groups is 2. The molecular weight excluding hydrogens is 1480 g/mol. The predicted octanol–water partition coefficient (Wildman–Crippen LogP) is 22.8. The van der Waals surface area contributed by atoms with E-state index < -0.39 is 5.97 Å². The lowest BCUT2D eigenvalue weighted by molar-refractivity contribution is -0.138. The van der Waals surface area contributed by atoms with Crippen molar-refractivity contribution in [2.75, 3.05) is 52.4 Å². The van der Waals surface area contributed by atoms with Gasteiger partial charge in [-0.2, -0.15) is 5.26 Å². The van der Waals surface area contributed by atoms with Gasteiger partial charge in [0.15, 0.2) is 5.78 Å². The fourth-order valence-electron chi connectivity index (χ4n) is 22.7. The normalized spacial score (nSPS) is 24.9. The highest BCUT2D eigenvalue weighted by molar-refractivity contribution is 5.99. The maximum absolute atomic E-state index is 12.7. The third-order valence-electron chi connectivity index (χ3n) is 32.0. The Morgan fingerprint density at radius 1 is 0.445 bits per heavy atom. The summed E-state index contributed by atoms with van der Waals surface area (Å²) in [7, 11) is 0. The average Bonchev–Trinajstić information content (AvgIpc) is 0.805. The highest BCUT2D eigenvalue weighted by Crippen LogP contribution is 2.52. The molecule has 0 unspecified atom stereocenters. The summed E-state index contributed by atoms with van der Waals surface area (Å²) in [4.78, 5) is 76.0. The number of carboxylic acid groups (broad SMARTS) is 1. The van der Waals surface area contributed by atoms with Crippen molar-refractivity contribution in [3.05, 3.63) is 142 Å². The first-order valence-corrected chi connectivity index (χ1v) is 47.7. The minimum atomic E-state index is -0.692. The van der Waals surface area contributed by atoms with Crippen molar-refractivity contribution >= 4 is 47.4 Å². The van der Waals surface area contributed by atoms with Crippen LogP contribution in [0.5, 0.6) is 0 Å². The molecule has 4 heterocycles. The molecule has 3 amide bonds. The molecule has 0 bridgehead atoms. The molecule has 652 valence electrons. The number of benzene rings is 3. The zero-order chi connectivity index (χ0) is 84.7. The lowest BCUT2D eigenvalue weighted by Crippen LogP contribution is -2.44. The number of nitrogens with one attached hydrogen (secondary N) is 3. The number of hydrogen-bond acceptors (Lipinski definition) is 10. The van der Waals surface area contributed by atoms with Crippen molar-refractivity contribution in [1.82, 2.24) is 20.0 Å². The molecule has 3 aromatic carbocycles. The molecule has 13 aliphatic rings. The first-order valence-electron chi connectivity index (χ1n) is 47.7. The summed E-state index contributed by atoms with van der Waals surface area (Å²) in [5, 5.41) is 36.1. The SMILES string of the molecule is C/C=C1/C=CC2(CCCCC2)CC1.CCC1CCC2(CC1)CCN(C(=O)c1ccc(C#N)cc1)CC2.CCC1CCC2(CC1)CCN(C(=O)c1ccc(C(=N)N)cc1)CC2.CCC1CCC2(CCNCC2)CC1.N=C(N)c1ccc(C(=O)N2CCC3(CCC(CC(=O)O)CC3)CC2)cc1.O=C1C=CC2(CCCCC2)CC1.O=CC1CCCCC1. The van der Waals surface area contributed by atoms with Crippen molar-refractivity contribution in [3.8, 4) is 6.07 Å². The van der Waals surface area contributed by atoms with Crippen molar-refractivity contribution in [2.24, 2.45) is 73.5 Å². The van der Waals surface area contributed by atoms with Crippen LogP contribution < -0.4 is 16.8 Å². The molecule has 8 N–H and O–H groups in total. The molecule has 0 atom stereocenters. The van der Waals surface area contributed by atoms with Gasteiger partial charge in [0, 0.05) is 85.8 Å². The zero-order valence-electron chi connectivity index (χ0n) is 74.0. The van der Waals surface area contributed by atoms with E-state index in [2.05, 4.69) is 63.4 Å². The molecule has 16 rings (SSSR count). The number of ketones is 1. The number of amides is 3. The number of likely N-dealkylation sites (tertiary alicyclic amines) is 3. The third-order valence-corrected chi connectivity index (χ3v) is 32.0. The van der Waals surface area contributed by atoms with Crippen LogP contribution >= 0.6 is 0 Å². The Bertz CT molecular complexity index is 3820. The fourth-order valence-corrected chi connectivity index (χ4v) is 22.7. The van der Waals surface area contributed by atoms with Gasteiger partial charge in [-0.25, -0.2) is 0 Å². The Hall–Kier alpha value is -7.51. The summed E-state index contributed by atoms with van der Waals surface area (Å²) in [6, 6.07) is 23.1. The van der Waals surface area contributed by atoms with Crippen LogP contribution in [0, 0.1) is 84.2 Å². The van der Waals surface area contributed by atoms with Gasteiger partial charge in [-0.1, -0.05) is 152 Å². The molecule has 11 fully saturated rings. The van der Waals surface area contributed by atoms with Gasteiger partial charge in [0.2, 0.25) is 0 Å². The van der Waals surface area contributed by atoms with Gasteiger partial charge in [-0.15, -0.1) is 0 Å². The van der Waals surface area contributed by atoms with Crippen molar-refractivity contribution in [1.29, 1.82) is 16.1 Å². The predicted molar refractivity (Wildman–Crippen MR) is 483 cm³/mol. The molecule has 119 heavy (non-hydrogen) atoms. The van der Waals surface area contributed by atoms with Crippen molar-refractivity contribution in [3.63, 3.8) is 0 Å². The number of allylic oxidation sites excluding steroid dienone is 6. The van der Waals surface area contributed by atoms with Crippen LogP contribution in [0.1, 0.15) is 377 Å². The summed E-state index contributed by atoms with van der Waals surface area (Å²) in [6.07, 6.45) is 72.0. The van der Waals surface area contributed by atoms with Crippen LogP contribution in [0.3, 0.4) is 0 Å². The van der Waals surface area contributed by atoms with Gasteiger partial charge in [0.25, 0.3) is 17.7 Å². The van der Waals surface area contributed by atoms with Gasteiger partial charge in [0.05, 0.1) is 11.6 Å². The zero-order valence-corrected chi connectivity index (χ0v) is 74.0. The van der Waals surface area contributed by atoms with Crippen molar-refractivity contribution in [2.45, 2.75) is 329 Å². The lowest BCUT2D eigenvalue weighted by atomic mass is 9.65. The first-order chi connectivity index (χ1) is 57.5. The van der Waals surface area contributed by atoms with Crippen LogP contribution in [-0.4, -0.2) is 120 Å². The Morgan fingerprint density at radius 3 is 1.07 bits per heavy atom. The van der Waals surface area contributed by atoms with E-state index in [0.717, 1.165) is 159 Å². The number of nitrogens with zero attached hydrogens (tertiary/aromatic N) is 4. The Labute approximate surface area is 716 Å². The first kappa shape index (κ1) is 93.8. The largest absolute Gasteiger partial charge is 0.481 e. The maximum Gasteiger partial charge on any atom is 0.303 e. The number of piperidine rings is 4. The molecule has 0 aromatic heterocycles. The van der Waals surface area contributed by atoms with Gasteiger partial charge in [0.1, 0.15) is 18.0 Å². The second-order valence-electron chi connectivity index (χ2n) is 39.3. The van der Waals surface area contributed by atoms with E-state index in [0.29, 0.717) is 78.1 Å². The monoisotopic (exact) mass is 1630 g/mol. The minimum Gasteiger partial charge on any atom is -0.481 e. The Balaban J connectivity index is 0.000000150. The quantitative estimate of drug-likeness (QED) is 0.0597. The van der Waals surface area contributed by atoms with E-state index in [1.807, 2.05) is 20.8 Å². The van der Waals surface area contributed by atoms with E-state index in [4.69, 9.17) is 32.7 Å². The number of carbonyl (C=O) groups excluding carboxylic acids is 5. The lowest BCUT2D eigenvalue weighted by Gasteiger charge is -2.46. The number of nitrogens with two attached hydrogens (primary N) is 2. The number of carboxylic acids is 1. The summed E-state index contributed by atoms with van der Waals surface area (Å²) in [6.45, 7) is 16.7. The molecule has 9 aliphatic carbocycles. The van der Waals surface area contributed by atoms with E-state index in [1.54, 1.807) is 72.8 Å². The van der Waals surface area contributed by atoms with Gasteiger partial charge in [-0.3, -0.25) is 34.8 Å². The van der Waals surface area contributed by atoms with Gasteiger partial charge >= 0.3 is 5.97 Å². The molecule has 0 radical (unpaired) electrons. The topological polar surface area (TPSA) is 268 Å². The Morgan fingerprint density at radius 2 is 0.773 bits per heavy atom. The summed E-state index contributed by atoms with van der Waals surface area (Å²) >= 11 is 0. The highest BCUT2D eigenvalue weighted by Gasteiger charge is 2.43. The van der Waals surface area contributed by atoms with E-state index in [-0.39, 0.29) is 35.8 Å². The smallest absolute Gasteiger partial charge is 0.303 e. The average molecular weight is 1630 g/mol. The molecule has 6 spiro atoms. The van der Waals surface area contributed by atoms with E-state index in [9.17, 15) is 28.8 Å². The van der Waals surface area contributed by atoms with E-state index in [1.165, 1.54) is 224 Å². The molecule has 4 aliphatic heterocycles. The molecule has 16 heteroatoms. The maximum atomic E-state index is 12.7. The number of hydrogen-bond donors (Lipinski definition) is 6. The number of nitrogen functional groups attached to an aromatic ring is 2. The number of rotatable bonds is 11. The molecule has 16 nitrogen and oxygen atoms in total. The molecule has 4 saturated heterocycles. The number of nitriles is 1. The third kappa shape index (κ3) is 27.7. The Kier molecular flexibility index (Phi) is 36.3. The van der Waals surface area contributed by atoms with Crippen LogP contribution in [-0.2, 0) is 14.4 Å². The van der Waals surface area contributed by atoms with Crippen molar-refractivity contribution < 1.29 is 33.9 Å². The highest BCUT2D eigenvalue weighted by atomic mass is 16.4. The van der Waals surface area contributed by atoms with Gasteiger partial charge in [-0.05, 0) is 343 Å². The minimum absolute atomic E-state index is 0.00224. The summed E-state index contributed by atoms with van der Waals surface area (Å²) in [5.74, 6) is 3.58. The molecule has 7 saturated carbocycles. The molecule has 3 aromatic rings. The number of carbonyl (C=O) groups is 6. The number of aldehydes is 1. The fraction of sp³-hybridized carbons (Fsp3) is 0.680. The van der Waals surface area contributed by atoms with Crippen LogP contribution in [0.2, 0.25) is 0 Å². The summed E-state index contributed by atoms with van der Waals surface area (Å²) in [5.41, 5.74) is 19.5. The van der Waals surface area contributed by atoms with Crippen LogP contribution in [0.4, 0.5) is 0 Å². The second kappa shape index (κ2) is 46.1.